The lowest BCUT2D eigenvalue weighted by Crippen LogP contribution is -2.34. The molecule has 1 saturated heterocycles. The third kappa shape index (κ3) is 4.68. The smallest absolute Gasteiger partial charge is 0.197 e. The minimum Gasteiger partial charge on any atom is -0.489 e. The summed E-state index contributed by atoms with van der Waals surface area (Å²) in [6.45, 7) is 7.29. The fraction of sp³-hybridized carbons (Fsp3) is 0.370. The summed E-state index contributed by atoms with van der Waals surface area (Å²) >= 11 is 0. The highest BCUT2D eigenvalue weighted by Gasteiger charge is 2.23. The van der Waals surface area contributed by atoms with Gasteiger partial charge in [-0.2, -0.15) is 0 Å². The first-order valence-corrected chi connectivity index (χ1v) is 11.5. The van der Waals surface area contributed by atoms with Crippen LogP contribution in [0, 0.1) is 13.8 Å². The molecule has 172 valence electrons. The molecule has 0 unspecified atom stereocenters. The van der Waals surface area contributed by atoms with Crippen molar-refractivity contribution < 1.29 is 18.9 Å². The van der Waals surface area contributed by atoms with E-state index in [-0.39, 0.29) is 11.5 Å². The van der Waals surface area contributed by atoms with Crippen molar-refractivity contribution in [3.8, 4) is 22.9 Å². The Morgan fingerprint density at radius 1 is 1.06 bits per heavy atom. The number of aryl methyl sites for hydroxylation is 2. The van der Waals surface area contributed by atoms with Crippen LogP contribution in [0.1, 0.15) is 22.3 Å². The molecule has 2 aromatic carbocycles. The van der Waals surface area contributed by atoms with E-state index < -0.39 is 0 Å². The second kappa shape index (κ2) is 9.41. The van der Waals surface area contributed by atoms with Gasteiger partial charge in [-0.1, -0.05) is 29.8 Å². The van der Waals surface area contributed by atoms with Gasteiger partial charge in [0.25, 0.3) is 0 Å². The minimum absolute atomic E-state index is 0.0234. The molecular formula is C27H29NO5. The van der Waals surface area contributed by atoms with E-state index in [0.29, 0.717) is 38.9 Å². The molecule has 0 spiro atoms. The summed E-state index contributed by atoms with van der Waals surface area (Å²) in [6.07, 6.45) is 0.724. The average Bonchev–Trinajstić information content (AvgIpc) is 2.84. The fourth-order valence-corrected chi connectivity index (χ4v) is 4.53. The second-order valence-corrected chi connectivity index (χ2v) is 8.70. The van der Waals surface area contributed by atoms with Crippen LogP contribution in [0.3, 0.4) is 0 Å². The first-order chi connectivity index (χ1) is 16.1. The Morgan fingerprint density at radius 2 is 1.97 bits per heavy atom. The minimum atomic E-state index is -0.115. The summed E-state index contributed by atoms with van der Waals surface area (Å²) < 4.78 is 25.4. The highest BCUT2D eigenvalue weighted by Crippen LogP contribution is 2.35. The molecule has 0 bridgehead atoms. The van der Waals surface area contributed by atoms with Crippen molar-refractivity contribution in [1.82, 2.24) is 4.57 Å². The number of ether oxygens (including phenoxy) is 4. The van der Waals surface area contributed by atoms with Crippen molar-refractivity contribution in [2.75, 3.05) is 26.4 Å². The lowest BCUT2D eigenvalue weighted by atomic mass is 9.94. The van der Waals surface area contributed by atoms with Crippen LogP contribution in [0.2, 0.25) is 0 Å². The Kier molecular flexibility index (Phi) is 6.20. The van der Waals surface area contributed by atoms with Gasteiger partial charge >= 0.3 is 0 Å². The molecule has 3 aromatic rings. The summed E-state index contributed by atoms with van der Waals surface area (Å²) in [7, 11) is 0. The van der Waals surface area contributed by atoms with Crippen LogP contribution < -0.4 is 14.9 Å². The number of fused-ring (bicyclic) bond motifs is 3. The predicted octanol–water partition coefficient (Wildman–Crippen LogP) is 4.06. The molecule has 0 amide bonds. The van der Waals surface area contributed by atoms with Crippen molar-refractivity contribution in [1.29, 1.82) is 0 Å². The molecule has 3 heterocycles. The van der Waals surface area contributed by atoms with Gasteiger partial charge in [0.1, 0.15) is 25.1 Å². The number of aromatic nitrogens is 1. The van der Waals surface area contributed by atoms with Crippen LogP contribution in [0.5, 0.6) is 11.6 Å². The standard InChI is InChI=1S/C27H29NO5/c1-18-4-3-5-20(12-18)15-32-22-6-7-24-21(13-22)8-9-28-26(14-25(29)19(2)27(24)28)33-17-23-16-30-10-11-31-23/h3-7,12-14,23H,8-11,15-17H2,1-2H3/t23-/m0/s1. The van der Waals surface area contributed by atoms with Crippen LogP contribution >= 0.6 is 0 Å². The molecule has 2 aliphatic heterocycles. The molecule has 6 nitrogen and oxygen atoms in total. The summed E-state index contributed by atoms with van der Waals surface area (Å²) in [5.41, 5.74) is 6.24. The van der Waals surface area contributed by atoms with Crippen molar-refractivity contribution in [3.05, 3.63) is 81.0 Å². The molecule has 1 aromatic heterocycles. The normalized spacial score (nSPS) is 17.2. The van der Waals surface area contributed by atoms with Crippen LogP contribution in [0.25, 0.3) is 11.3 Å². The molecule has 1 atom stereocenters. The first-order valence-electron chi connectivity index (χ1n) is 11.5. The van der Waals surface area contributed by atoms with E-state index in [4.69, 9.17) is 18.9 Å². The number of benzene rings is 2. The number of hydrogen-bond acceptors (Lipinski definition) is 5. The Morgan fingerprint density at radius 3 is 2.79 bits per heavy atom. The zero-order valence-electron chi connectivity index (χ0n) is 19.1. The largest absolute Gasteiger partial charge is 0.489 e. The molecule has 0 radical (unpaired) electrons. The van der Waals surface area contributed by atoms with Gasteiger partial charge in [-0.05, 0) is 49.6 Å². The molecule has 5 rings (SSSR count). The highest BCUT2D eigenvalue weighted by atomic mass is 16.6. The van der Waals surface area contributed by atoms with Gasteiger partial charge in [0.05, 0.1) is 25.5 Å². The number of pyridine rings is 1. The van der Waals surface area contributed by atoms with Crippen molar-refractivity contribution >= 4 is 0 Å². The summed E-state index contributed by atoms with van der Waals surface area (Å²) in [5, 5.41) is 0. The van der Waals surface area contributed by atoms with E-state index >= 15 is 0 Å². The molecule has 1 fully saturated rings. The van der Waals surface area contributed by atoms with Crippen molar-refractivity contribution in [2.24, 2.45) is 0 Å². The van der Waals surface area contributed by atoms with E-state index in [1.165, 1.54) is 11.1 Å². The maximum Gasteiger partial charge on any atom is 0.197 e. The SMILES string of the molecule is Cc1cccc(COc2ccc3c(c2)CCn2c(OC[C@@H]4COCCO4)cc(=O)c(C)c2-3)c1. The van der Waals surface area contributed by atoms with E-state index in [1.807, 2.05) is 19.1 Å². The van der Waals surface area contributed by atoms with E-state index in [2.05, 4.69) is 41.8 Å². The lowest BCUT2D eigenvalue weighted by Gasteiger charge is -2.28. The summed E-state index contributed by atoms with van der Waals surface area (Å²) in [4.78, 5) is 12.8. The Hall–Kier alpha value is -3.09. The maximum absolute atomic E-state index is 12.8. The maximum atomic E-state index is 12.8. The molecule has 0 saturated carbocycles. The zero-order valence-corrected chi connectivity index (χ0v) is 19.1. The average molecular weight is 448 g/mol. The van der Waals surface area contributed by atoms with Gasteiger partial charge in [-0.25, -0.2) is 0 Å². The Balaban J connectivity index is 1.39. The highest BCUT2D eigenvalue weighted by molar-refractivity contribution is 5.70. The van der Waals surface area contributed by atoms with Crippen LogP contribution in [0.15, 0.2) is 53.3 Å². The second-order valence-electron chi connectivity index (χ2n) is 8.70. The van der Waals surface area contributed by atoms with E-state index in [1.54, 1.807) is 6.07 Å². The molecule has 2 aliphatic rings. The monoisotopic (exact) mass is 447 g/mol. The van der Waals surface area contributed by atoms with Gasteiger partial charge in [0.15, 0.2) is 11.3 Å². The van der Waals surface area contributed by atoms with Crippen LogP contribution in [-0.4, -0.2) is 37.1 Å². The molecule has 6 heteroatoms. The Bertz CT molecular complexity index is 1210. The number of rotatable bonds is 6. The predicted molar refractivity (Wildman–Crippen MR) is 126 cm³/mol. The van der Waals surface area contributed by atoms with Crippen molar-refractivity contribution in [3.63, 3.8) is 0 Å². The number of nitrogens with zero attached hydrogens (tertiary/aromatic N) is 1. The van der Waals surface area contributed by atoms with Gasteiger partial charge in [0, 0.05) is 23.7 Å². The third-order valence-corrected chi connectivity index (χ3v) is 6.24. The van der Waals surface area contributed by atoms with Gasteiger partial charge < -0.3 is 23.5 Å². The molecule has 33 heavy (non-hydrogen) atoms. The van der Waals surface area contributed by atoms with Crippen LogP contribution in [-0.2, 0) is 29.0 Å². The summed E-state index contributed by atoms with van der Waals surface area (Å²) in [5.74, 6) is 1.42. The first kappa shape index (κ1) is 21.7. The lowest BCUT2D eigenvalue weighted by molar-refractivity contribution is -0.102. The third-order valence-electron chi connectivity index (χ3n) is 6.24. The van der Waals surface area contributed by atoms with Crippen molar-refractivity contribution in [2.45, 2.75) is 39.5 Å². The van der Waals surface area contributed by atoms with E-state index in [0.717, 1.165) is 41.1 Å². The van der Waals surface area contributed by atoms with E-state index in [9.17, 15) is 4.79 Å². The van der Waals surface area contributed by atoms with Gasteiger partial charge in [-0.3, -0.25) is 4.79 Å². The summed E-state index contributed by atoms with van der Waals surface area (Å²) in [6, 6.07) is 16.1. The Labute approximate surface area is 193 Å². The fourth-order valence-electron chi connectivity index (χ4n) is 4.53. The molecule has 0 N–H and O–H groups in total. The quantitative estimate of drug-likeness (QED) is 0.570. The number of hydrogen-bond donors (Lipinski definition) is 0. The topological polar surface area (TPSA) is 58.9 Å². The van der Waals surface area contributed by atoms with Gasteiger partial charge in [0.2, 0.25) is 0 Å². The molecular weight excluding hydrogens is 418 g/mol. The van der Waals surface area contributed by atoms with Gasteiger partial charge in [-0.15, -0.1) is 0 Å². The zero-order chi connectivity index (χ0) is 22.8. The van der Waals surface area contributed by atoms with Crippen LogP contribution in [0.4, 0.5) is 0 Å². The molecule has 0 aliphatic carbocycles.